The van der Waals surface area contributed by atoms with Crippen LogP contribution in [0.3, 0.4) is 0 Å². The predicted molar refractivity (Wildman–Crippen MR) is 145 cm³/mol. The van der Waals surface area contributed by atoms with Crippen LogP contribution in [0.25, 0.3) is 11.0 Å². The van der Waals surface area contributed by atoms with Gasteiger partial charge in [0.2, 0.25) is 11.8 Å². The van der Waals surface area contributed by atoms with E-state index in [1.807, 2.05) is 42.5 Å². The number of benzene rings is 2. The van der Waals surface area contributed by atoms with Crippen LogP contribution in [-0.2, 0) is 18.4 Å². The zero-order chi connectivity index (χ0) is 26.0. The molecule has 0 atom stereocenters. The molecule has 2 heterocycles. The molecule has 36 heavy (non-hydrogen) atoms. The number of hydrogen-bond donors (Lipinski definition) is 1. The average Bonchev–Trinajstić information content (AvgIpc) is 2.82. The smallest absolute Gasteiger partial charge is 0.421 e. The summed E-state index contributed by atoms with van der Waals surface area (Å²) in [6.07, 6.45) is -0.691. The molecular formula is C25H25IN6O4. The van der Waals surface area contributed by atoms with Gasteiger partial charge in [0.15, 0.2) is 5.65 Å². The van der Waals surface area contributed by atoms with Gasteiger partial charge in [0, 0.05) is 10.6 Å². The molecule has 0 bridgehead atoms. The Balaban J connectivity index is 1.92. The fraction of sp³-hybridized carbons (Fsp3) is 0.240. The van der Waals surface area contributed by atoms with Crippen LogP contribution in [0.15, 0.2) is 59.4 Å². The second kappa shape index (κ2) is 10.1. The molecule has 11 heteroatoms. The Morgan fingerprint density at radius 3 is 2.36 bits per heavy atom. The van der Waals surface area contributed by atoms with Crippen LogP contribution in [0.5, 0.6) is 5.88 Å². The summed E-state index contributed by atoms with van der Waals surface area (Å²) in [4.78, 5) is 40.0. The van der Waals surface area contributed by atoms with Crippen molar-refractivity contribution in [3.05, 3.63) is 74.2 Å². The van der Waals surface area contributed by atoms with E-state index >= 15 is 0 Å². The molecular weight excluding hydrogens is 575 g/mol. The van der Waals surface area contributed by atoms with Crippen molar-refractivity contribution in [2.75, 3.05) is 10.6 Å². The van der Waals surface area contributed by atoms with Gasteiger partial charge in [-0.15, -0.1) is 0 Å². The van der Waals surface area contributed by atoms with Gasteiger partial charge in [-0.25, -0.2) is 14.5 Å². The number of anilines is 3. The van der Waals surface area contributed by atoms with Crippen LogP contribution in [0.2, 0.25) is 0 Å². The van der Waals surface area contributed by atoms with Gasteiger partial charge in [0.05, 0.1) is 5.69 Å². The van der Waals surface area contributed by atoms with E-state index in [1.165, 1.54) is 16.5 Å². The normalized spacial score (nSPS) is 11.4. The molecule has 2 aromatic heterocycles. The first kappa shape index (κ1) is 25.4. The highest BCUT2D eigenvalue weighted by Crippen LogP contribution is 2.32. The molecule has 2 aromatic carbocycles. The topological polar surface area (TPSA) is 125 Å². The molecule has 0 aliphatic rings. The van der Waals surface area contributed by atoms with E-state index in [1.54, 1.807) is 32.9 Å². The maximum Gasteiger partial charge on any atom is 0.421 e. The third kappa shape index (κ3) is 5.56. The number of ether oxygens (including phenoxy) is 2. The van der Waals surface area contributed by atoms with E-state index in [9.17, 15) is 9.59 Å². The molecule has 4 aromatic rings. The van der Waals surface area contributed by atoms with Gasteiger partial charge in [-0.2, -0.15) is 15.0 Å². The van der Waals surface area contributed by atoms with Crippen molar-refractivity contribution in [3.63, 3.8) is 0 Å². The molecule has 0 spiro atoms. The van der Waals surface area contributed by atoms with Gasteiger partial charge >= 0.3 is 11.8 Å². The number of carbonyl (C=O) groups excluding carboxylic acids is 1. The van der Waals surface area contributed by atoms with Crippen molar-refractivity contribution >= 4 is 57.2 Å². The van der Waals surface area contributed by atoms with Crippen LogP contribution in [0.1, 0.15) is 26.3 Å². The SMILES string of the molecule is Cn1c(=O)nc(N)c2c(OCc3ccccc3)nc(N(C(=O)OC(C)(C)C)c3ccc(I)cc3)nc21. The largest absolute Gasteiger partial charge is 0.472 e. The van der Waals surface area contributed by atoms with Crippen LogP contribution in [0.4, 0.5) is 22.2 Å². The van der Waals surface area contributed by atoms with Crippen molar-refractivity contribution in [2.45, 2.75) is 33.0 Å². The van der Waals surface area contributed by atoms with E-state index < -0.39 is 17.4 Å². The summed E-state index contributed by atoms with van der Waals surface area (Å²) in [6, 6.07) is 16.7. The minimum atomic E-state index is -0.775. The molecule has 0 unspecified atom stereocenters. The minimum absolute atomic E-state index is 0.0402. The maximum atomic E-state index is 13.4. The fourth-order valence-electron chi connectivity index (χ4n) is 3.34. The zero-order valence-corrected chi connectivity index (χ0v) is 22.4. The van der Waals surface area contributed by atoms with E-state index in [4.69, 9.17) is 15.2 Å². The third-order valence-electron chi connectivity index (χ3n) is 5.00. The molecule has 0 saturated carbocycles. The highest BCUT2D eigenvalue weighted by Gasteiger charge is 2.29. The number of nitrogens with zero attached hydrogens (tertiary/aromatic N) is 5. The number of hydrogen-bond acceptors (Lipinski definition) is 8. The molecule has 0 radical (unpaired) electrons. The molecule has 0 fully saturated rings. The number of carbonyl (C=O) groups is 1. The standard InChI is InChI=1S/C25H25IN6O4/c1-25(2,3)36-24(34)32(17-12-10-16(26)11-13-17)22-29-20-18(19(27)28-23(33)31(20)4)21(30-22)35-14-15-8-6-5-7-9-15/h5-13H,14H2,1-4H3,(H2,27,28,33). The fourth-order valence-corrected chi connectivity index (χ4v) is 3.70. The van der Waals surface area contributed by atoms with Gasteiger partial charge in [-0.05, 0) is 73.2 Å². The highest BCUT2D eigenvalue weighted by atomic mass is 127. The van der Waals surface area contributed by atoms with E-state index in [0.29, 0.717) is 5.69 Å². The van der Waals surface area contributed by atoms with Crippen LogP contribution in [0, 0.1) is 3.57 Å². The minimum Gasteiger partial charge on any atom is -0.472 e. The molecule has 186 valence electrons. The number of amides is 1. The van der Waals surface area contributed by atoms with Gasteiger partial charge < -0.3 is 15.2 Å². The van der Waals surface area contributed by atoms with Crippen molar-refractivity contribution in [3.8, 4) is 5.88 Å². The summed E-state index contributed by atoms with van der Waals surface area (Å²) in [7, 11) is 1.51. The molecule has 0 aliphatic carbocycles. The molecule has 1 amide bonds. The summed E-state index contributed by atoms with van der Waals surface area (Å²) in [5.41, 5.74) is 6.26. The lowest BCUT2D eigenvalue weighted by atomic mass is 10.2. The van der Waals surface area contributed by atoms with E-state index in [0.717, 1.165) is 9.13 Å². The Hall–Kier alpha value is -3.74. The summed E-state index contributed by atoms with van der Waals surface area (Å²) in [6.45, 7) is 5.47. The molecule has 2 N–H and O–H groups in total. The lowest BCUT2D eigenvalue weighted by Crippen LogP contribution is -2.35. The van der Waals surface area contributed by atoms with Crippen LogP contribution < -0.4 is 21.1 Å². The Morgan fingerprint density at radius 2 is 1.72 bits per heavy atom. The first-order chi connectivity index (χ1) is 17.0. The second-order valence-electron chi connectivity index (χ2n) is 8.93. The molecule has 4 rings (SSSR count). The first-order valence-corrected chi connectivity index (χ1v) is 12.1. The van der Waals surface area contributed by atoms with Gasteiger partial charge in [-0.3, -0.25) is 4.57 Å². The zero-order valence-electron chi connectivity index (χ0n) is 20.2. The quantitative estimate of drug-likeness (QED) is 0.331. The molecule has 10 nitrogen and oxygen atoms in total. The summed E-state index contributed by atoms with van der Waals surface area (Å²) in [5.74, 6) is -0.0269. The van der Waals surface area contributed by atoms with Gasteiger partial charge in [0.25, 0.3) is 0 Å². The number of aromatic nitrogens is 4. The Labute approximate surface area is 221 Å². The van der Waals surface area contributed by atoms with Crippen LogP contribution in [-0.4, -0.2) is 31.2 Å². The van der Waals surface area contributed by atoms with Crippen LogP contribution >= 0.6 is 22.6 Å². The summed E-state index contributed by atoms with van der Waals surface area (Å²) in [5, 5.41) is 0.267. The second-order valence-corrected chi connectivity index (χ2v) is 10.2. The average molecular weight is 600 g/mol. The van der Waals surface area contributed by atoms with E-state index in [2.05, 4.69) is 37.5 Å². The lowest BCUT2D eigenvalue weighted by Gasteiger charge is -2.26. The molecule has 0 saturated heterocycles. The Bertz CT molecular complexity index is 1470. The summed E-state index contributed by atoms with van der Waals surface area (Å²) >= 11 is 2.17. The molecule has 0 aliphatic heterocycles. The Kier molecular flexibility index (Phi) is 7.11. The van der Waals surface area contributed by atoms with Gasteiger partial charge in [0.1, 0.15) is 23.4 Å². The van der Waals surface area contributed by atoms with E-state index in [-0.39, 0.29) is 35.3 Å². The van der Waals surface area contributed by atoms with Gasteiger partial charge in [-0.1, -0.05) is 30.3 Å². The Morgan fingerprint density at radius 1 is 1.06 bits per heavy atom. The highest BCUT2D eigenvalue weighted by molar-refractivity contribution is 14.1. The van der Waals surface area contributed by atoms with Crippen molar-refractivity contribution in [1.82, 2.24) is 19.5 Å². The predicted octanol–water partition coefficient (Wildman–Crippen LogP) is 4.56. The number of fused-ring (bicyclic) bond motifs is 1. The van der Waals surface area contributed by atoms with Crippen molar-refractivity contribution in [2.24, 2.45) is 7.05 Å². The van der Waals surface area contributed by atoms with Crippen molar-refractivity contribution < 1.29 is 14.3 Å². The number of rotatable bonds is 5. The monoisotopic (exact) mass is 600 g/mol. The number of nitrogen functional groups attached to an aromatic ring is 1. The number of nitrogens with two attached hydrogens (primary N) is 1. The number of halogens is 1. The lowest BCUT2D eigenvalue weighted by molar-refractivity contribution is 0.0597. The number of aryl methyl sites for hydroxylation is 1. The third-order valence-corrected chi connectivity index (χ3v) is 5.72. The maximum absolute atomic E-state index is 13.4. The summed E-state index contributed by atoms with van der Waals surface area (Å²) < 4.78 is 13.9. The van der Waals surface area contributed by atoms with Crippen molar-refractivity contribution in [1.29, 1.82) is 0 Å². The first-order valence-electron chi connectivity index (χ1n) is 11.0.